The number of para-hydroxylation sites is 2. The molecule has 0 fully saturated rings. The summed E-state index contributed by atoms with van der Waals surface area (Å²) in [5.41, 5.74) is 1.93. The normalized spacial score (nSPS) is 11.1. The number of amides is 1. The van der Waals surface area contributed by atoms with Crippen LogP contribution in [0.1, 0.15) is 28.4 Å². The Labute approximate surface area is 233 Å². The number of anilines is 2. The number of sulfonamides is 1. The van der Waals surface area contributed by atoms with Crippen LogP contribution in [-0.4, -0.2) is 33.3 Å². The molecule has 0 atom stereocenters. The zero-order chi connectivity index (χ0) is 28.0. The summed E-state index contributed by atoms with van der Waals surface area (Å²) in [6.07, 6.45) is 0. The molecule has 1 N–H and O–H groups in total. The lowest BCUT2D eigenvalue weighted by molar-refractivity contribution is -0.114. The third-order valence-corrected chi connectivity index (χ3v) is 7.88. The number of aryl methyl sites for hydroxylation is 1. The Bertz CT molecular complexity index is 1590. The number of carbonyl (C=O) groups is 2. The molecule has 0 aliphatic carbocycles. The second-order valence-electron chi connectivity index (χ2n) is 8.66. The molecule has 0 aliphatic rings. The molecule has 0 heterocycles. The van der Waals surface area contributed by atoms with Crippen molar-refractivity contribution in [3.63, 3.8) is 0 Å². The largest absolute Gasteiger partial charge is 0.492 e. The molecule has 4 aromatic rings. The average Bonchev–Trinajstić information content (AvgIpc) is 2.93. The van der Waals surface area contributed by atoms with Gasteiger partial charge in [0, 0.05) is 16.1 Å². The molecule has 200 valence electrons. The van der Waals surface area contributed by atoms with Crippen LogP contribution in [0.5, 0.6) is 5.75 Å². The highest BCUT2D eigenvalue weighted by atomic mass is 35.5. The number of carbonyl (C=O) groups excluding carboxylic acids is 2. The summed E-state index contributed by atoms with van der Waals surface area (Å²) in [6.45, 7) is 3.37. The van der Waals surface area contributed by atoms with Gasteiger partial charge in [-0.15, -0.1) is 0 Å². The summed E-state index contributed by atoms with van der Waals surface area (Å²) >= 11 is 6.17. The number of ether oxygens (including phenoxy) is 1. The van der Waals surface area contributed by atoms with Crippen LogP contribution in [0.4, 0.5) is 11.4 Å². The van der Waals surface area contributed by atoms with Crippen LogP contribution in [-0.2, 0) is 14.8 Å². The summed E-state index contributed by atoms with van der Waals surface area (Å²) in [6, 6.07) is 26.1. The maximum absolute atomic E-state index is 13.8. The van der Waals surface area contributed by atoms with Crippen molar-refractivity contribution in [2.45, 2.75) is 18.7 Å². The molecular weight excluding hydrogens is 536 g/mol. The molecule has 1 amide bonds. The summed E-state index contributed by atoms with van der Waals surface area (Å²) in [5.74, 6) is -0.671. The van der Waals surface area contributed by atoms with Gasteiger partial charge in [-0.05, 0) is 56.3 Å². The van der Waals surface area contributed by atoms with Crippen LogP contribution in [0.15, 0.2) is 102 Å². The maximum Gasteiger partial charge on any atom is 0.264 e. The molecule has 0 saturated carbocycles. The standard InChI is InChI=1S/C30H27ClN2O5S/c1-3-38-28-12-8-7-11-27(28)33(39(36,37)24-16-13-21(2)14-17-24)20-29(34)32-26-18-15-23(31)19-25(26)30(35)22-9-5-4-6-10-22/h4-19H,3,20H2,1-2H3,(H,32,34). The SMILES string of the molecule is CCOc1ccccc1N(CC(=O)Nc1ccc(Cl)cc1C(=O)c1ccccc1)S(=O)(=O)c1ccc(C)cc1. The number of hydrogen-bond acceptors (Lipinski definition) is 5. The Morgan fingerprint density at radius 2 is 1.56 bits per heavy atom. The second kappa shape index (κ2) is 12.1. The Morgan fingerprint density at radius 3 is 2.26 bits per heavy atom. The smallest absolute Gasteiger partial charge is 0.264 e. The molecule has 0 radical (unpaired) electrons. The number of nitrogens with zero attached hydrogens (tertiary/aromatic N) is 1. The minimum atomic E-state index is -4.17. The van der Waals surface area contributed by atoms with E-state index in [0.29, 0.717) is 22.9 Å². The van der Waals surface area contributed by atoms with Gasteiger partial charge in [-0.1, -0.05) is 71.8 Å². The van der Waals surface area contributed by atoms with Crippen molar-refractivity contribution in [2.24, 2.45) is 0 Å². The zero-order valence-corrected chi connectivity index (χ0v) is 23.0. The number of benzene rings is 4. The van der Waals surface area contributed by atoms with E-state index in [2.05, 4.69) is 5.32 Å². The molecule has 0 aliphatic heterocycles. The molecule has 9 heteroatoms. The van der Waals surface area contributed by atoms with Crippen molar-refractivity contribution < 1.29 is 22.7 Å². The van der Waals surface area contributed by atoms with Gasteiger partial charge in [0.25, 0.3) is 10.0 Å². The van der Waals surface area contributed by atoms with E-state index in [1.807, 2.05) is 6.92 Å². The lowest BCUT2D eigenvalue weighted by Gasteiger charge is -2.26. The van der Waals surface area contributed by atoms with Crippen LogP contribution in [0.3, 0.4) is 0 Å². The van der Waals surface area contributed by atoms with Crippen molar-refractivity contribution in [2.75, 3.05) is 22.8 Å². The fourth-order valence-electron chi connectivity index (χ4n) is 3.96. The molecule has 7 nitrogen and oxygen atoms in total. The Hall–Kier alpha value is -4.14. The number of nitrogens with one attached hydrogen (secondary N) is 1. The van der Waals surface area contributed by atoms with Gasteiger partial charge in [-0.25, -0.2) is 8.42 Å². The molecule has 0 unspecified atom stereocenters. The first-order valence-electron chi connectivity index (χ1n) is 12.2. The maximum atomic E-state index is 13.8. The minimum Gasteiger partial charge on any atom is -0.492 e. The number of hydrogen-bond donors (Lipinski definition) is 1. The Kier molecular flexibility index (Phi) is 8.69. The van der Waals surface area contributed by atoms with Gasteiger partial charge in [0.05, 0.1) is 22.9 Å². The van der Waals surface area contributed by atoms with Crippen molar-refractivity contribution >= 4 is 44.7 Å². The molecule has 39 heavy (non-hydrogen) atoms. The predicted molar refractivity (Wildman–Crippen MR) is 153 cm³/mol. The Balaban J connectivity index is 1.71. The highest BCUT2D eigenvalue weighted by Gasteiger charge is 2.30. The van der Waals surface area contributed by atoms with E-state index in [9.17, 15) is 18.0 Å². The van der Waals surface area contributed by atoms with Gasteiger partial charge in [-0.3, -0.25) is 13.9 Å². The third kappa shape index (κ3) is 6.47. The summed E-state index contributed by atoms with van der Waals surface area (Å²) < 4.78 is 34.3. The van der Waals surface area contributed by atoms with Gasteiger partial charge < -0.3 is 10.1 Å². The summed E-state index contributed by atoms with van der Waals surface area (Å²) in [4.78, 5) is 26.6. The van der Waals surface area contributed by atoms with Gasteiger partial charge in [0.1, 0.15) is 12.3 Å². The summed E-state index contributed by atoms with van der Waals surface area (Å²) in [7, 11) is -4.17. The first-order chi connectivity index (χ1) is 18.7. The molecule has 0 spiro atoms. The highest BCUT2D eigenvalue weighted by molar-refractivity contribution is 7.92. The quantitative estimate of drug-likeness (QED) is 0.235. The van der Waals surface area contributed by atoms with Crippen LogP contribution in [0.2, 0.25) is 5.02 Å². The summed E-state index contributed by atoms with van der Waals surface area (Å²) in [5, 5.41) is 3.03. The Morgan fingerprint density at radius 1 is 0.897 bits per heavy atom. The highest BCUT2D eigenvalue weighted by Crippen LogP contribution is 2.33. The van der Waals surface area contributed by atoms with Crippen LogP contribution in [0.25, 0.3) is 0 Å². The van der Waals surface area contributed by atoms with Crippen molar-refractivity contribution in [1.29, 1.82) is 0 Å². The molecule has 4 aromatic carbocycles. The van der Waals surface area contributed by atoms with Crippen LogP contribution in [0, 0.1) is 6.92 Å². The lowest BCUT2D eigenvalue weighted by Crippen LogP contribution is -2.38. The van der Waals surface area contributed by atoms with E-state index >= 15 is 0 Å². The van der Waals surface area contributed by atoms with Gasteiger partial charge in [0.15, 0.2) is 5.78 Å². The minimum absolute atomic E-state index is 0.0265. The predicted octanol–water partition coefficient (Wildman–Crippen LogP) is 6.11. The number of ketones is 1. The van der Waals surface area contributed by atoms with Crippen molar-refractivity contribution in [3.05, 3.63) is 119 Å². The first kappa shape index (κ1) is 27.9. The van der Waals surface area contributed by atoms with Gasteiger partial charge in [0.2, 0.25) is 5.91 Å². The van der Waals surface area contributed by atoms with E-state index in [1.165, 1.54) is 24.3 Å². The van der Waals surface area contributed by atoms with E-state index in [1.54, 1.807) is 79.7 Å². The average molecular weight is 563 g/mol. The fourth-order valence-corrected chi connectivity index (χ4v) is 5.56. The van der Waals surface area contributed by atoms with Crippen LogP contribution < -0.4 is 14.4 Å². The second-order valence-corrected chi connectivity index (χ2v) is 11.0. The van der Waals surface area contributed by atoms with Crippen molar-refractivity contribution in [1.82, 2.24) is 0 Å². The van der Waals surface area contributed by atoms with E-state index < -0.39 is 22.5 Å². The van der Waals surface area contributed by atoms with E-state index in [-0.39, 0.29) is 27.6 Å². The van der Waals surface area contributed by atoms with Gasteiger partial charge >= 0.3 is 0 Å². The number of rotatable bonds is 10. The third-order valence-electron chi connectivity index (χ3n) is 5.87. The fraction of sp³-hybridized carbons (Fsp3) is 0.133. The van der Waals surface area contributed by atoms with Gasteiger partial charge in [-0.2, -0.15) is 0 Å². The monoisotopic (exact) mass is 562 g/mol. The van der Waals surface area contributed by atoms with Crippen molar-refractivity contribution in [3.8, 4) is 5.75 Å². The molecular formula is C30H27ClN2O5S. The first-order valence-corrected chi connectivity index (χ1v) is 14.0. The molecule has 4 rings (SSSR count). The van der Waals surface area contributed by atoms with E-state index in [4.69, 9.17) is 16.3 Å². The molecule has 0 aromatic heterocycles. The molecule has 0 saturated heterocycles. The van der Waals surface area contributed by atoms with E-state index in [0.717, 1.165) is 9.87 Å². The van der Waals surface area contributed by atoms with Crippen LogP contribution >= 0.6 is 11.6 Å². The lowest BCUT2D eigenvalue weighted by atomic mass is 10.0. The number of halogens is 1. The molecule has 0 bridgehead atoms. The zero-order valence-electron chi connectivity index (χ0n) is 21.4. The topological polar surface area (TPSA) is 92.8 Å².